The van der Waals surface area contributed by atoms with Crippen LogP contribution in [-0.2, 0) is 18.0 Å². The fourth-order valence-electron chi connectivity index (χ4n) is 2.46. The summed E-state index contributed by atoms with van der Waals surface area (Å²) in [5, 5.41) is 11.8. The first-order valence-corrected chi connectivity index (χ1v) is 8.48. The van der Waals surface area contributed by atoms with E-state index >= 15 is 0 Å². The summed E-state index contributed by atoms with van der Waals surface area (Å²) in [6.07, 6.45) is 0. The highest BCUT2D eigenvalue weighted by atomic mass is 16.5. The monoisotopic (exact) mass is 361 g/mol. The Kier molecular flexibility index (Phi) is 5.97. The Labute approximate surface area is 157 Å². The zero-order valence-electron chi connectivity index (χ0n) is 14.6. The smallest absolute Gasteiger partial charge is 0.338 e. The fraction of sp³-hybridized carbons (Fsp3) is 0.0909. The minimum absolute atomic E-state index is 0.0699. The van der Waals surface area contributed by atoms with Gasteiger partial charge in [0, 0.05) is 11.3 Å². The Morgan fingerprint density at radius 3 is 2.00 bits per heavy atom. The molecule has 0 bridgehead atoms. The number of amides is 1. The summed E-state index contributed by atoms with van der Waals surface area (Å²) in [7, 11) is 0. The quantitative estimate of drug-likeness (QED) is 0.655. The second-order valence-electron chi connectivity index (χ2n) is 5.95. The highest BCUT2D eigenvalue weighted by Gasteiger charge is 2.09. The number of anilines is 1. The van der Waals surface area contributed by atoms with Crippen molar-refractivity contribution < 1.29 is 19.4 Å². The lowest BCUT2D eigenvalue weighted by atomic mass is 10.1. The van der Waals surface area contributed by atoms with Gasteiger partial charge in [-0.2, -0.15) is 0 Å². The van der Waals surface area contributed by atoms with E-state index in [2.05, 4.69) is 5.32 Å². The minimum atomic E-state index is -0.439. The topological polar surface area (TPSA) is 75.6 Å². The summed E-state index contributed by atoms with van der Waals surface area (Å²) in [6.45, 7) is 0.0424. The predicted molar refractivity (Wildman–Crippen MR) is 102 cm³/mol. The lowest BCUT2D eigenvalue weighted by Crippen LogP contribution is -2.11. The van der Waals surface area contributed by atoms with Crippen molar-refractivity contribution in [1.29, 1.82) is 0 Å². The van der Waals surface area contributed by atoms with E-state index in [0.717, 1.165) is 16.8 Å². The summed E-state index contributed by atoms with van der Waals surface area (Å²) in [5.74, 6) is -0.640. The van der Waals surface area contributed by atoms with Gasteiger partial charge in [-0.3, -0.25) is 4.79 Å². The van der Waals surface area contributed by atoms with Crippen LogP contribution in [0.5, 0.6) is 0 Å². The molecule has 0 aliphatic carbocycles. The van der Waals surface area contributed by atoms with Gasteiger partial charge in [-0.1, -0.05) is 42.5 Å². The molecule has 5 heteroatoms. The van der Waals surface area contributed by atoms with Crippen molar-refractivity contribution in [2.75, 3.05) is 5.32 Å². The molecule has 5 nitrogen and oxygen atoms in total. The lowest BCUT2D eigenvalue weighted by Gasteiger charge is -2.08. The van der Waals surface area contributed by atoms with Crippen LogP contribution in [0.1, 0.15) is 31.8 Å². The van der Waals surface area contributed by atoms with Gasteiger partial charge in [-0.15, -0.1) is 0 Å². The van der Waals surface area contributed by atoms with E-state index in [1.54, 1.807) is 48.5 Å². The van der Waals surface area contributed by atoms with Crippen molar-refractivity contribution in [3.05, 3.63) is 101 Å². The van der Waals surface area contributed by atoms with Crippen molar-refractivity contribution in [1.82, 2.24) is 0 Å². The van der Waals surface area contributed by atoms with Crippen molar-refractivity contribution in [3.8, 4) is 0 Å². The number of benzene rings is 3. The number of hydrogen-bond donors (Lipinski definition) is 2. The molecule has 2 N–H and O–H groups in total. The molecular formula is C22H19NO4. The van der Waals surface area contributed by atoms with Crippen LogP contribution < -0.4 is 5.32 Å². The average Bonchev–Trinajstić information content (AvgIpc) is 2.73. The van der Waals surface area contributed by atoms with Crippen LogP contribution in [0.3, 0.4) is 0 Å². The standard InChI is InChI=1S/C22H19NO4/c24-14-16-6-12-19(13-7-16)22(26)27-15-17-8-10-18(11-9-17)21(25)23-20-4-2-1-3-5-20/h1-13,24H,14-15H2,(H,23,25). The van der Waals surface area contributed by atoms with Crippen molar-refractivity contribution in [2.45, 2.75) is 13.2 Å². The summed E-state index contributed by atoms with van der Waals surface area (Å²) in [6, 6.07) is 22.7. The van der Waals surface area contributed by atoms with Crippen molar-refractivity contribution in [2.24, 2.45) is 0 Å². The number of hydrogen-bond acceptors (Lipinski definition) is 4. The summed E-state index contributed by atoms with van der Waals surface area (Å²) < 4.78 is 5.28. The van der Waals surface area contributed by atoms with E-state index in [1.807, 2.05) is 30.3 Å². The molecule has 136 valence electrons. The maximum Gasteiger partial charge on any atom is 0.338 e. The van der Waals surface area contributed by atoms with Gasteiger partial charge in [0.1, 0.15) is 6.61 Å². The second-order valence-corrected chi connectivity index (χ2v) is 5.95. The van der Waals surface area contributed by atoms with E-state index in [9.17, 15) is 9.59 Å². The number of para-hydroxylation sites is 1. The highest BCUT2D eigenvalue weighted by Crippen LogP contribution is 2.12. The van der Waals surface area contributed by atoms with E-state index in [-0.39, 0.29) is 19.1 Å². The molecule has 0 fully saturated rings. The number of nitrogens with one attached hydrogen (secondary N) is 1. The highest BCUT2D eigenvalue weighted by molar-refractivity contribution is 6.04. The minimum Gasteiger partial charge on any atom is -0.457 e. The molecule has 3 aromatic carbocycles. The molecule has 0 atom stereocenters. The SMILES string of the molecule is O=C(Nc1ccccc1)c1ccc(COC(=O)c2ccc(CO)cc2)cc1. The van der Waals surface area contributed by atoms with Crippen LogP contribution in [-0.4, -0.2) is 17.0 Å². The molecule has 0 radical (unpaired) electrons. The van der Waals surface area contributed by atoms with Crippen LogP contribution in [0.15, 0.2) is 78.9 Å². The van der Waals surface area contributed by atoms with Gasteiger partial charge in [-0.25, -0.2) is 4.79 Å². The first-order chi connectivity index (χ1) is 13.2. The molecule has 0 aliphatic rings. The Morgan fingerprint density at radius 2 is 1.37 bits per heavy atom. The molecule has 0 aromatic heterocycles. The summed E-state index contributed by atoms with van der Waals surface area (Å²) in [4.78, 5) is 24.3. The molecule has 0 unspecified atom stereocenters. The second kappa shape index (κ2) is 8.78. The van der Waals surface area contributed by atoms with Crippen LogP contribution in [0.25, 0.3) is 0 Å². The molecule has 3 rings (SSSR count). The third-order valence-corrected chi connectivity index (χ3v) is 3.99. The maximum absolute atomic E-state index is 12.2. The van der Waals surface area contributed by atoms with Gasteiger partial charge in [-0.05, 0) is 47.5 Å². The third-order valence-electron chi connectivity index (χ3n) is 3.99. The summed E-state index contributed by atoms with van der Waals surface area (Å²) in [5.41, 5.74) is 3.19. The Morgan fingerprint density at radius 1 is 0.778 bits per heavy atom. The number of carbonyl (C=O) groups excluding carboxylic acids is 2. The number of aliphatic hydroxyl groups is 1. The van der Waals surface area contributed by atoms with E-state index in [1.165, 1.54) is 0 Å². The van der Waals surface area contributed by atoms with E-state index in [4.69, 9.17) is 9.84 Å². The molecule has 0 aliphatic heterocycles. The van der Waals surface area contributed by atoms with Crippen molar-refractivity contribution >= 4 is 17.6 Å². The summed E-state index contributed by atoms with van der Waals surface area (Å²) >= 11 is 0. The number of rotatable bonds is 6. The molecule has 0 heterocycles. The lowest BCUT2D eigenvalue weighted by molar-refractivity contribution is 0.0472. The number of aliphatic hydroxyl groups excluding tert-OH is 1. The number of esters is 1. The third kappa shape index (κ3) is 5.03. The Balaban J connectivity index is 1.55. The molecule has 0 spiro atoms. The van der Waals surface area contributed by atoms with Crippen LogP contribution >= 0.6 is 0 Å². The van der Waals surface area contributed by atoms with Gasteiger partial charge in [0.05, 0.1) is 12.2 Å². The molecule has 0 saturated heterocycles. The molecule has 0 saturated carbocycles. The van der Waals surface area contributed by atoms with Gasteiger partial charge in [0.2, 0.25) is 0 Å². The predicted octanol–water partition coefficient (Wildman–Crippen LogP) is 3.79. The van der Waals surface area contributed by atoms with Crippen LogP contribution in [0.4, 0.5) is 5.69 Å². The molecule has 3 aromatic rings. The van der Waals surface area contributed by atoms with Crippen LogP contribution in [0.2, 0.25) is 0 Å². The van der Waals surface area contributed by atoms with Gasteiger partial charge in [0.25, 0.3) is 5.91 Å². The molecular weight excluding hydrogens is 342 g/mol. The number of carbonyl (C=O) groups is 2. The van der Waals surface area contributed by atoms with Gasteiger partial charge in [0.15, 0.2) is 0 Å². The Hall–Kier alpha value is -3.44. The largest absolute Gasteiger partial charge is 0.457 e. The Bertz CT molecular complexity index is 903. The normalized spacial score (nSPS) is 10.3. The first kappa shape index (κ1) is 18.4. The van der Waals surface area contributed by atoms with Gasteiger partial charge < -0.3 is 15.2 Å². The van der Waals surface area contributed by atoms with E-state index in [0.29, 0.717) is 11.1 Å². The molecule has 1 amide bonds. The first-order valence-electron chi connectivity index (χ1n) is 8.48. The van der Waals surface area contributed by atoms with Crippen LogP contribution in [0, 0.1) is 0 Å². The molecule has 27 heavy (non-hydrogen) atoms. The average molecular weight is 361 g/mol. The number of ether oxygens (including phenoxy) is 1. The van der Waals surface area contributed by atoms with E-state index < -0.39 is 5.97 Å². The van der Waals surface area contributed by atoms with Crippen molar-refractivity contribution in [3.63, 3.8) is 0 Å². The maximum atomic E-state index is 12.2. The van der Waals surface area contributed by atoms with Gasteiger partial charge >= 0.3 is 5.97 Å². The zero-order chi connectivity index (χ0) is 19.1. The fourth-order valence-corrected chi connectivity index (χ4v) is 2.46. The zero-order valence-corrected chi connectivity index (χ0v) is 14.6.